The smallest absolute Gasteiger partial charge is 0.356 e. The molecule has 0 aromatic carbocycles. The molecule has 100 valence electrons. The second-order valence-electron chi connectivity index (χ2n) is 4.37. The number of carbonyl (C=O) groups excluding carboxylic acids is 2. The van der Waals surface area contributed by atoms with Crippen molar-refractivity contribution < 1.29 is 19.5 Å². The summed E-state index contributed by atoms with van der Waals surface area (Å²) in [5.41, 5.74) is -0.0736. The lowest BCUT2D eigenvalue weighted by Gasteiger charge is -2.12. The lowest BCUT2D eigenvalue weighted by molar-refractivity contribution is -0.127. The molecule has 1 atom stereocenters. The SMILES string of the molecule is CN1CC(C(=O)Nc2cccnc2C(=O)O)CC1=O. The van der Waals surface area contributed by atoms with Gasteiger partial charge >= 0.3 is 5.97 Å². The summed E-state index contributed by atoms with van der Waals surface area (Å²) < 4.78 is 0. The van der Waals surface area contributed by atoms with Crippen molar-refractivity contribution >= 4 is 23.5 Å². The average Bonchev–Trinajstić information content (AvgIpc) is 2.70. The predicted octanol–water partition coefficient (Wildman–Crippen LogP) is 0.197. The Labute approximate surface area is 109 Å². The van der Waals surface area contributed by atoms with Gasteiger partial charge in [0, 0.05) is 26.2 Å². The summed E-state index contributed by atoms with van der Waals surface area (Å²) in [6.07, 6.45) is 1.48. The number of anilines is 1. The Kier molecular flexibility index (Phi) is 3.46. The lowest BCUT2D eigenvalue weighted by atomic mass is 10.1. The fourth-order valence-corrected chi connectivity index (χ4v) is 1.95. The van der Waals surface area contributed by atoms with Gasteiger partial charge in [-0.3, -0.25) is 9.59 Å². The summed E-state index contributed by atoms with van der Waals surface area (Å²) in [6, 6.07) is 3.00. The van der Waals surface area contributed by atoms with E-state index in [4.69, 9.17) is 5.11 Å². The second kappa shape index (κ2) is 5.05. The number of aromatic carboxylic acids is 1. The van der Waals surface area contributed by atoms with Gasteiger partial charge in [0.2, 0.25) is 11.8 Å². The molecule has 1 aliphatic heterocycles. The van der Waals surface area contributed by atoms with Crippen LogP contribution in [0.2, 0.25) is 0 Å². The molecule has 1 unspecified atom stereocenters. The van der Waals surface area contributed by atoms with Gasteiger partial charge in [-0.05, 0) is 12.1 Å². The monoisotopic (exact) mass is 263 g/mol. The van der Waals surface area contributed by atoms with Gasteiger partial charge in [0.15, 0.2) is 5.69 Å². The molecule has 7 heteroatoms. The van der Waals surface area contributed by atoms with E-state index in [1.54, 1.807) is 7.05 Å². The van der Waals surface area contributed by atoms with Crippen LogP contribution in [0, 0.1) is 5.92 Å². The summed E-state index contributed by atoms with van der Waals surface area (Å²) in [6.45, 7) is 0.341. The minimum atomic E-state index is -1.21. The van der Waals surface area contributed by atoms with E-state index in [0.29, 0.717) is 6.54 Å². The van der Waals surface area contributed by atoms with E-state index in [1.165, 1.54) is 23.2 Å². The number of carbonyl (C=O) groups is 3. The van der Waals surface area contributed by atoms with Gasteiger partial charge < -0.3 is 15.3 Å². The highest BCUT2D eigenvalue weighted by molar-refractivity contribution is 6.01. The Hall–Kier alpha value is -2.44. The summed E-state index contributed by atoms with van der Waals surface area (Å²) in [5, 5.41) is 11.5. The van der Waals surface area contributed by atoms with E-state index in [-0.39, 0.29) is 29.6 Å². The Balaban J connectivity index is 2.12. The van der Waals surface area contributed by atoms with E-state index in [0.717, 1.165) is 0 Å². The fraction of sp³-hybridized carbons (Fsp3) is 0.333. The number of hydrogen-bond donors (Lipinski definition) is 2. The topological polar surface area (TPSA) is 99.6 Å². The molecule has 1 aromatic heterocycles. The average molecular weight is 263 g/mol. The first kappa shape index (κ1) is 13.0. The Morgan fingerprint density at radius 2 is 2.26 bits per heavy atom. The molecule has 2 amide bonds. The van der Waals surface area contributed by atoms with Crippen LogP contribution in [-0.4, -0.2) is 46.4 Å². The highest BCUT2D eigenvalue weighted by Crippen LogP contribution is 2.19. The molecule has 7 nitrogen and oxygen atoms in total. The molecule has 0 radical (unpaired) electrons. The normalized spacial score (nSPS) is 18.5. The highest BCUT2D eigenvalue weighted by Gasteiger charge is 2.32. The van der Waals surface area contributed by atoms with E-state index >= 15 is 0 Å². The number of rotatable bonds is 3. The van der Waals surface area contributed by atoms with Gasteiger partial charge in [-0.15, -0.1) is 0 Å². The van der Waals surface area contributed by atoms with Crippen LogP contribution < -0.4 is 5.32 Å². The summed E-state index contributed by atoms with van der Waals surface area (Å²) in [5.74, 6) is -2.13. The van der Waals surface area contributed by atoms with E-state index in [2.05, 4.69) is 10.3 Å². The molecule has 1 saturated heterocycles. The zero-order chi connectivity index (χ0) is 14.0. The Morgan fingerprint density at radius 3 is 2.84 bits per heavy atom. The van der Waals surface area contributed by atoms with Crippen LogP contribution >= 0.6 is 0 Å². The molecular weight excluding hydrogens is 250 g/mol. The minimum absolute atomic E-state index is 0.0928. The van der Waals surface area contributed by atoms with Crippen molar-refractivity contribution in [3.63, 3.8) is 0 Å². The van der Waals surface area contributed by atoms with Crippen LogP contribution in [0.4, 0.5) is 5.69 Å². The lowest BCUT2D eigenvalue weighted by Crippen LogP contribution is -2.26. The molecule has 1 aromatic rings. The van der Waals surface area contributed by atoms with Gasteiger partial charge in [0.05, 0.1) is 11.6 Å². The molecule has 2 N–H and O–H groups in total. The maximum atomic E-state index is 12.0. The van der Waals surface area contributed by atoms with Gasteiger partial charge in [-0.2, -0.15) is 0 Å². The van der Waals surface area contributed by atoms with Crippen LogP contribution in [0.15, 0.2) is 18.3 Å². The number of carboxylic acid groups (broad SMARTS) is 1. The third-order valence-electron chi connectivity index (χ3n) is 2.98. The number of pyridine rings is 1. The molecule has 1 aliphatic rings. The zero-order valence-corrected chi connectivity index (χ0v) is 10.3. The zero-order valence-electron chi connectivity index (χ0n) is 10.3. The summed E-state index contributed by atoms with van der Waals surface area (Å²) in [7, 11) is 1.63. The highest BCUT2D eigenvalue weighted by atomic mass is 16.4. The molecular formula is C12H13N3O4. The first-order valence-corrected chi connectivity index (χ1v) is 5.72. The van der Waals surface area contributed by atoms with Crippen molar-refractivity contribution in [2.45, 2.75) is 6.42 Å². The van der Waals surface area contributed by atoms with Crippen LogP contribution in [0.5, 0.6) is 0 Å². The third-order valence-corrected chi connectivity index (χ3v) is 2.98. The molecule has 2 heterocycles. The van der Waals surface area contributed by atoms with Crippen molar-refractivity contribution in [3.8, 4) is 0 Å². The summed E-state index contributed by atoms with van der Waals surface area (Å²) in [4.78, 5) is 39.5. The molecule has 0 aliphatic carbocycles. The van der Waals surface area contributed by atoms with Crippen molar-refractivity contribution in [2.75, 3.05) is 18.9 Å². The van der Waals surface area contributed by atoms with E-state index in [1.807, 2.05) is 0 Å². The molecule has 2 rings (SSSR count). The predicted molar refractivity (Wildman–Crippen MR) is 65.6 cm³/mol. The number of likely N-dealkylation sites (tertiary alicyclic amines) is 1. The van der Waals surface area contributed by atoms with Crippen LogP contribution in [0.25, 0.3) is 0 Å². The molecule has 0 bridgehead atoms. The molecule has 0 spiro atoms. The first-order valence-electron chi connectivity index (χ1n) is 5.72. The number of nitrogens with zero attached hydrogens (tertiary/aromatic N) is 2. The summed E-state index contributed by atoms with van der Waals surface area (Å²) >= 11 is 0. The van der Waals surface area contributed by atoms with E-state index < -0.39 is 11.9 Å². The quantitative estimate of drug-likeness (QED) is 0.811. The molecule has 0 saturated carbocycles. The first-order chi connectivity index (χ1) is 8.99. The van der Waals surface area contributed by atoms with E-state index in [9.17, 15) is 14.4 Å². The van der Waals surface area contributed by atoms with Crippen molar-refractivity contribution in [3.05, 3.63) is 24.0 Å². The Bertz CT molecular complexity index is 544. The molecule has 1 fully saturated rings. The second-order valence-corrected chi connectivity index (χ2v) is 4.37. The van der Waals surface area contributed by atoms with Crippen molar-refractivity contribution in [1.82, 2.24) is 9.88 Å². The van der Waals surface area contributed by atoms with Gasteiger partial charge in [-0.1, -0.05) is 0 Å². The number of hydrogen-bond acceptors (Lipinski definition) is 4. The van der Waals surface area contributed by atoms with Gasteiger partial charge in [-0.25, -0.2) is 9.78 Å². The minimum Gasteiger partial charge on any atom is -0.476 e. The van der Waals surface area contributed by atoms with Crippen LogP contribution in [-0.2, 0) is 9.59 Å². The largest absolute Gasteiger partial charge is 0.476 e. The van der Waals surface area contributed by atoms with Gasteiger partial charge in [0.1, 0.15) is 0 Å². The standard InChI is InChI=1S/C12H13N3O4/c1-15-6-7(5-9(15)16)11(17)14-8-3-2-4-13-10(8)12(18)19/h2-4,7H,5-6H2,1H3,(H,14,17)(H,18,19). The Morgan fingerprint density at radius 1 is 1.53 bits per heavy atom. The third kappa shape index (κ3) is 2.70. The fourth-order valence-electron chi connectivity index (χ4n) is 1.95. The van der Waals surface area contributed by atoms with Crippen LogP contribution in [0.1, 0.15) is 16.9 Å². The van der Waals surface area contributed by atoms with Crippen molar-refractivity contribution in [1.29, 1.82) is 0 Å². The number of amides is 2. The van der Waals surface area contributed by atoms with Gasteiger partial charge in [0.25, 0.3) is 0 Å². The number of aromatic nitrogens is 1. The maximum Gasteiger partial charge on any atom is 0.356 e. The number of nitrogens with one attached hydrogen (secondary N) is 1. The molecule has 19 heavy (non-hydrogen) atoms. The van der Waals surface area contributed by atoms with Crippen LogP contribution in [0.3, 0.4) is 0 Å². The maximum absolute atomic E-state index is 12.0. The van der Waals surface area contributed by atoms with Crippen molar-refractivity contribution in [2.24, 2.45) is 5.92 Å². The number of carboxylic acids is 1.